The molecule has 1 N–H and O–H groups in total. The van der Waals surface area contributed by atoms with Crippen molar-refractivity contribution in [1.82, 2.24) is 20.1 Å². The molecule has 0 spiro atoms. The summed E-state index contributed by atoms with van der Waals surface area (Å²) in [5.41, 5.74) is 4.64. The smallest absolute Gasteiger partial charge is 0.254 e. The number of hydrogen-bond donors (Lipinski definition) is 1. The van der Waals surface area contributed by atoms with Gasteiger partial charge in [0.2, 0.25) is 5.95 Å². The third-order valence-corrected chi connectivity index (χ3v) is 7.21. The lowest BCUT2D eigenvalue weighted by Gasteiger charge is -2.33. The van der Waals surface area contributed by atoms with Gasteiger partial charge in [-0.25, -0.2) is 0 Å². The zero-order valence-corrected chi connectivity index (χ0v) is 20.7. The highest BCUT2D eigenvalue weighted by atomic mass is 16.5. The fraction of sp³-hybridized carbons (Fsp3) is 0.429. The van der Waals surface area contributed by atoms with Crippen LogP contribution in [0, 0.1) is 11.3 Å². The van der Waals surface area contributed by atoms with Crippen LogP contribution >= 0.6 is 0 Å². The number of aromatic nitrogens is 3. The van der Waals surface area contributed by atoms with E-state index in [0.29, 0.717) is 30.5 Å². The zero-order valence-electron chi connectivity index (χ0n) is 20.7. The number of likely N-dealkylation sites (tertiary alicyclic amines) is 1. The van der Waals surface area contributed by atoms with Crippen molar-refractivity contribution in [3.8, 4) is 17.5 Å². The maximum Gasteiger partial charge on any atom is 0.254 e. The van der Waals surface area contributed by atoms with E-state index in [1.54, 1.807) is 0 Å². The Morgan fingerprint density at radius 2 is 1.83 bits per heavy atom. The molecule has 3 heterocycles. The molecule has 1 aromatic heterocycles. The van der Waals surface area contributed by atoms with Crippen molar-refractivity contribution in [3.05, 3.63) is 64.7 Å². The lowest BCUT2D eigenvalue weighted by atomic mass is 9.88. The van der Waals surface area contributed by atoms with Crippen LogP contribution in [0.25, 0.3) is 11.4 Å². The van der Waals surface area contributed by atoms with Crippen molar-refractivity contribution in [2.45, 2.75) is 38.5 Å². The Bertz CT molecular complexity index is 1230. The first kappa shape index (κ1) is 24.0. The van der Waals surface area contributed by atoms with Crippen molar-refractivity contribution < 1.29 is 9.53 Å². The Balaban J connectivity index is 1.32. The van der Waals surface area contributed by atoms with Crippen LogP contribution in [-0.2, 0) is 11.2 Å². The van der Waals surface area contributed by atoms with Crippen LogP contribution in [0.15, 0.2) is 42.5 Å². The fourth-order valence-electron chi connectivity index (χ4n) is 5.13. The first-order chi connectivity index (χ1) is 17.7. The Hall–Kier alpha value is -3.70. The van der Waals surface area contributed by atoms with Gasteiger partial charge in [0, 0.05) is 37.3 Å². The van der Waals surface area contributed by atoms with Crippen LogP contribution in [0.4, 0.5) is 5.95 Å². The minimum absolute atomic E-state index is 0.0893. The molecule has 2 aliphatic heterocycles. The minimum atomic E-state index is 0.0893. The number of rotatable bonds is 6. The number of anilines is 1. The minimum Gasteiger partial charge on any atom is -0.378 e. The molecule has 0 unspecified atom stereocenters. The second-order valence-corrected chi connectivity index (χ2v) is 9.52. The normalized spacial score (nSPS) is 16.7. The third-order valence-electron chi connectivity index (χ3n) is 7.21. The van der Waals surface area contributed by atoms with Crippen molar-refractivity contribution in [2.24, 2.45) is 0 Å². The molecule has 0 radical (unpaired) electrons. The number of ether oxygens (including phenoxy) is 1. The van der Waals surface area contributed by atoms with E-state index in [0.717, 1.165) is 74.5 Å². The quantitative estimate of drug-likeness (QED) is 0.564. The number of carbonyl (C=O) groups excluding carboxylic acids is 1. The number of morpholine rings is 1. The summed E-state index contributed by atoms with van der Waals surface area (Å²) in [5.74, 6) is 1.92. The maximum absolute atomic E-state index is 13.7. The molecular weight excluding hydrogens is 452 g/mol. The van der Waals surface area contributed by atoms with Crippen molar-refractivity contribution in [2.75, 3.05) is 44.3 Å². The van der Waals surface area contributed by atoms with Gasteiger partial charge < -0.3 is 19.5 Å². The molecule has 1 amide bonds. The number of hydrogen-bond acceptors (Lipinski definition) is 6. The Morgan fingerprint density at radius 1 is 1.08 bits per heavy atom. The summed E-state index contributed by atoms with van der Waals surface area (Å²) < 4.78 is 5.43. The number of nitriles is 1. The van der Waals surface area contributed by atoms with E-state index in [4.69, 9.17) is 10.00 Å². The number of benzene rings is 2. The summed E-state index contributed by atoms with van der Waals surface area (Å²) >= 11 is 0. The van der Waals surface area contributed by atoms with E-state index >= 15 is 0 Å². The number of nitrogens with zero attached hydrogens (tertiary/aromatic N) is 5. The molecule has 186 valence electrons. The van der Waals surface area contributed by atoms with Crippen LogP contribution in [0.2, 0.25) is 0 Å². The first-order valence-corrected chi connectivity index (χ1v) is 12.8. The highest BCUT2D eigenvalue weighted by Gasteiger charge is 2.26. The van der Waals surface area contributed by atoms with Gasteiger partial charge in [-0.3, -0.25) is 4.79 Å². The van der Waals surface area contributed by atoms with Crippen LogP contribution < -0.4 is 4.90 Å². The van der Waals surface area contributed by atoms with Gasteiger partial charge in [-0.1, -0.05) is 37.6 Å². The second kappa shape index (κ2) is 10.9. The van der Waals surface area contributed by atoms with E-state index < -0.39 is 0 Å². The van der Waals surface area contributed by atoms with Crippen molar-refractivity contribution in [1.29, 1.82) is 5.26 Å². The summed E-state index contributed by atoms with van der Waals surface area (Å²) in [6.07, 6.45) is 3.68. The first-order valence-electron chi connectivity index (χ1n) is 12.8. The molecule has 3 aromatic rings. The summed E-state index contributed by atoms with van der Waals surface area (Å²) in [7, 11) is 0. The van der Waals surface area contributed by atoms with E-state index in [1.807, 2.05) is 41.3 Å². The molecule has 2 aliphatic rings. The number of amides is 1. The van der Waals surface area contributed by atoms with E-state index in [1.165, 1.54) is 5.56 Å². The fourth-order valence-corrected chi connectivity index (χ4v) is 5.13. The third kappa shape index (κ3) is 5.12. The summed E-state index contributed by atoms with van der Waals surface area (Å²) in [6, 6.07) is 16.1. The van der Waals surface area contributed by atoms with Gasteiger partial charge in [-0.2, -0.15) is 5.26 Å². The van der Waals surface area contributed by atoms with Gasteiger partial charge in [0.25, 0.3) is 5.91 Å². The average molecular weight is 485 g/mol. The molecule has 36 heavy (non-hydrogen) atoms. The molecular formula is C28H32N6O2. The SMILES string of the molecule is CCCc1ccc(-c2nnc(N3CCOCC3)[nH]2)cc1C(=O)N1CCC(c2ccc(C#N)cc2)CC1. The standard InChI is InChI=1S/C28H32N6O2/c1-2-3-23-8-9-24(26-30-28(32-31-26)34-14-16-36-17-15-34)18-25(23)27(35)33-12-10-22(11-13-33)21-6-4-20(19-29)5-7-21/h4-9,18,22H,2-3,10-17H2,1H3,(H,30,31,32). The zero-order chi connectivity index (χ0) is 24.9. The molecule has 8 heteroatoms. The molecule has 0 atom stereocenters. The second-order valence-electron chi connectivity index (χ2n) is 9.52. The van der Waals surface area contributed by atoms with E-state index in [2.05, 4.69) is 39.1 Å². The predicted molar refractivity (Wildman–Crippen MR) is 138 cm³/mol. The summed E-state index contributed by atoms with van der Waals surface area (Å²) in [6.45, 7) is 6.52. The van der Waals surface area contributed by atoms with Gasteiger partial charge >= 0.3 is 0 Å². The predicted octanol–water partition coefficient (Wildman–Crippen LogP) is 4.15. The molecule has 2 fully saturated rings. The molecule has 0 aliphatic carbocycles. The monoisotopic (exact) mass is 484 g/mol. The van der Waals surface area contributed by atoms with E-state index in [9.17, 15) is 4.79 Å². The van der Waals surface area contributed by atoms with Gasteiger partial charge in [0.1, 0.15) is 0 Å². The molecule has 0 saturated carbocycles. The highest BCUT2D eigenvalue weighted by Crippen LogP contribution is 2.30. The molecule has 8 nitrogen and oxygen atoms in total. The topological polar surface area (TPSA) is 98.1 Å². The molecule has 5 rings (SSSR count). The Morgan fingerprint density at radius 3 is 2.53 bits per heavy atom. The molecule has 2 saturated heterocycles. The number of H-pyrrole nitrogens is 1. The number of aryl methyl sites for hydroxylation is 1. The average Bonchev–Trinajstić information content (AvgIpc) is 3.44. The number of aromatic amines is 1. The molecule has 0 bridgehead atoms. The largest absolute Gasteiger partial charge is 0.378 e. The van der Waals surface area contributed by atoms with Crippen LogP contribution in [0.3, 0.4) is 0 Å². The van der Waals surface area contributed by atoms with Gasteiger partial charge in [0.05, 0.1) is 24.8 Å². The van der Waals surface area contributed by atoms with Gasteiger partial charge in [-0.15, -0.1) is 10.2 Å². The van der Waals surface area contributed by atoms with Gasteiger partial charge in [-0.05, 0) is 54.5 Å². The number of carbonyl (C=O) groups is 1. The van der Waals surface area contributed by atoms with Crippen LogP contribution in [0.5, 0.6) is 0 Å². The lowest BCUT2D eigenvalue weighted by molar-refractivity contribution is 0.0712. The Kier molecular flexibility index (Phi) is 7.28. The van der Waals surface area contributed by atoms with Crippen LogP contribution in [0.1, 0.15) is 59.2 Å². The summed E-state index contributed by atoms with van der Waals surface area (Å²) in [5, 5.41) is 17.8. The molecule has 2 aromatic carbocycles. The van der Waals surface area contributed by atoms with Gasteiger partial charge in [0.15, 0.2) is 5.82 Å². The Labute approximate surface area is 211 Å². The van der Waals surface area contributed by atoms with Crippen molar-refractivity contribution in [3.63, 3.8) is 0 Å². The van der Waals surface area contributed by atoms with Crippen LogP contribution in [-0.4, -0.2) is 65.4 Å². The summed E-state index contributed by atoms with van der Waals surface area (Å²) in [4.78, 5) is 21.1. The maximum atomic E-state index is 13.7. The number of nitrogens with one attached hydrogen (secondary N) is 1. The van der Waals surface area contributed by atoms with E-state index in [-0.39, 0.29) is 5.91 Å². The van der Waals surface area contributed by atoms with Crippen molar-refractivity contribution >= 4 is 11.9 Å². The highest BCUT2D eigenvalue weighted by molar-refractivity contribution is 5.97. The lowest BCUT2D eigenvalue weighted by Crippen LogP contribution is -2.38. The number of piperidine rings is 1.